The molecule has 0 spiro atoms. The monoisotopic (exact) mass is 375 g/mol. The standard InChI is InChI=1S/C22H21N3O3/c26-20(14-7-15-23-22(27)19-13-8-16-28-19)24-25-21(17-9-3-1-4-10-17)18-11-5-2-6-12-18/h1-6,8-13,16H,7,14-15H2,(H,23,27)(H,24,26). The molecule has 0 atom stereocenters. The Kier molecular flexibility index (Phi) is 6.73. The molecule has 0 unspecified atom stereocenters. The van der Waals surface area contributed by atoms with Gasteiger partial charge in [-0.05, 0) is 18.6 Å². The Balaban J connectivity index is 1.54. The van der Waals surface area contributed by atoms with Crippen molar-refractivity contribution in [2.75, 3.05) is 6.54 Å². The molecule has 3 aromatic rings. The van der Waals surface area contributed by atoms with Crippen molar-refractivity contribution < 1.29 is 14.0 Å². The smallest absolute Gasteiger partial charge is 0.286 e. The van der Waals surface area contributed by atoms with Crippen LogP contribution in [0.3, 0.4) is 0 Å². The topological polar surface area (TPSA) is 83.7 Å². The van der Waals surface area contributed by atoms with Gasteiger partial charge in [0.25, 0.3) is 5.91 Å². The number of hydrogen-bond acceptors (Lipinski definition) is 4. The van der Waals surface area contributed by atoms with Gasteiger partial charge in [-0.1, -0.05) is 60.7 Å². The van der Waals surface area contributed by atoms with E-state index in [1.807, 2.05) is 60.7 Å². The summed E-state index contributed by atoms with van der Waals surface area (Å²) in [7, 11) is 0. The molecule has 6 heteroatoms. The Hall–Kier alpha value is -3.67. The molecule has 2 aromatic carbocycles. The van der Waals surface area contributed by atoms with E-state index >= 15 is 0 Å². The first kappa shape index (κ1) is 19.1. The van der Waals surface area contributed by atoms with Crippen molar-refractivity contribution in [2.45, 2.75) is 12.8 Å². The van der Waals surface area contributed by atoms with Crippen molar-refractivity contribution in [1.29, 1.82) is 0 Å². The lowest BCUT2D eigenvalue weighted by Crippen LogP contribution is -2.26. The summed E-state index contributed by atoms with van der Waals surface area (Å²) >= 11 is 0. The van der Waals surface area contributed by atoms with E-state index in [1.165, 1.54) is 6.26 Å². The number of carbonyl (C=O) groups excluding carboxylic acids is 2. The summed E-state index contributed by atoms with van der Waals surface area (Å²) in [6.07, 6.45) is 2.19. The minimum absolute atomic E-state index is 0.211. The van der Waals surface area contributed by atoms with Gasteiger partial charge in [-0.25, -0.2) is 5.43 Å². The van der Waals surface area contributed by atoms with Gasteiger partial charge in [0, 0.05) is 24.1 Å². The molecule has 0 aliphatic heterocycles. The normalized spacial score (nSPS) is 10.1. The summed E-state index contributed by atoms with van der Waals surface area (Å²) in [5.41, 5.74) is 5.14. The Morgan fingerprint density at radius 1 is 0.857 bits per heavy atom. The summed E-state index contributed by atoms with van der Waals surface area (Å²) < 4.78 is 5.01. The lowest BCUT2D eigenvalue weighted by Gasteiger charge is -2.08. The number of rotatable bonds is 8. The van der Waals surface area contributed by atoms with Crippen LogP contribution in [0.15, 0.2) is 88.6 Å². The molecule has 0 saturated carbocycles. The van der Waals surface area contributed by atoms with Gasteiger partial charge >= 0.3 is 0 Å². The highest BCUT2D eigenvalue weighted by Gasteiger charge is 2.09. The van der Waals surface area contributed by atoms with Gasteiger partial charge in [-0.3, -0.25) is 9.59 Å². The van der Waals surface area contributed by atoms with Gasteiger partial charge in [0.2, 0.25) is 5.91 Å². The first-order valence-corrected chi connectivity index (χ1v) is 9.03. The highest BCUT2D eigenvalue weighted by molar-refractivity contribution is 6.13. The zero-order valence-electron chi connectivity index (χ0n) is 15.3. The van der Waals surface area contributed by atoms with Crippen molar-refractivity contribution in [3.63, 3.8) is 0 Å². The maximum atomic E-state index is 12.1. The van der Waals surface area contributed by atoms with Gasteiger partial charge in [0.1, 0.15) is 0 Å². The fourth-order valence-electron chi connectivity index (χ4n) is 2.61. The summed E-state index contributed by atoms with van der Waals surface area (Å²) in [5, 5.41) is 7.04. The van der Waals surface area contributed by atoms with E-state index in [0.29, 0.717) is 18.7 Å². The van der Waals surface area contributed by atoms with Gasteiger partial charge in [-0.2, -0.15) is 5.10 Å². The molecule has 1 heterocycles. The minimum Gasteiger partial charge on any atom is -0.459 e. The fraction of sp³-hybridized carbons (Fsp3) is 0.136. The third kappa shape index (κ3) is 5.41. The summed E-state index contributed by atoms with van der Waals surface area (Å²) in [5.74, 6) is -0.250. The van der Waals surface area contributed by atoms with Crippen LogP contribution < -0.4 is 10.7 Å². The Morgan fingerprint density at radius 2 is 1.50 bits per heavy atom. The van der Waals surface area contributed by atoms with Crippen molar-refractivity contribution in [3.05, 3.63) is 95.9 Å². The quantitative estimate of drug-likeness (QED) is 0.360. The van der Waals surface area contributed by atoms with Crippen molar-refractivity contribution in [1.82, 2.24) is 10.7 Å². The maximum Gasteiger partial charge on any atom is 0.286 e. The molecular weight excluding hydrogens is 354 g/mol. The third-order valence-electron chi connectivity index (χ3n) is 4.00. The second-order valence-electron chi connectivity index (χ2n) is 6.06. The minimum atomic E-state index is -0.293. The van der Waals surface area contributed by atoms with Crippen molar-refractivity contribution in [3.8, 4) is 0 Å². The molecule has 0 saturated heterocycles. The van der Waals surface area contributed by atoms with Gasteiger partial charge in [0.15, 0.2) is 5.76 Å². The van der Waals surface area contributed by atoms with Gasteiger partial charge < -0.3 is 9.73 Å². The molecule has 0 aliphatic rings. The average Bonchev–Trinajstić information content (AvgIpc) is 3.28. The largest absolute Gasteiger partial charge is 0.459 e. The van der Waals surface area contributed by atoms with Crippen LogP contribution >= 0.6 is 0 Å². The summed E-state index contributed by atoms with van der Waals surface area (Å²) in [6.45, 7) is 0.376. The second kappa shape index (κ2) is 9.87. The lowest BCUT2D eigenvalue weighted by atomic mass is 10.0. The zero-order chi connectivity index (χ0) is 19.6. The highest BCUT2D eigenvalue weighted by atomic mass is 16.3. The number of amides is 2. The molecule has 2 N–H and O–H groups in total. The highest BCUT2D eigenvalue weighted by Crippen LogP contribution is 2.10. The molecule has 6 nitrogen and oxygen atoms in total. The molecule has 0 aliphatic carbocycles. The average molecular weight is 375 g/mol. The Labute approximate surface area is 163 Å². The van der Waals surface area contributed by atoms with Crippen LogP contribution in [-0.2, 0) is 4.79 Å². The number of hydrogen-bond donors (Lipinski definition) is 2. The second-order valence-corrected chi connectivity index (χ2v) is 6.06. The first-order valence-electron chi connectivity index (χ1n) is 9.03. The van der Waals surface area contributed by atoms with E-state index in [4.69, 9.17) is 4.42 Å². The maximum absolute atomic E-state index is 12.1. The Bertz CT molecular complexity index is 879. The van der Waals surface area contributed by atoms with E-state index in [9.17, 15) is 9.59 Å². The van der Waals surface area contributed by atoms with Crippen LogP contribution in [0.5, 0.6) is 0 Å². The molecule has 0 radical (unpaired) electrons. The van der Waals surface area contributed by atoms with Crippen LogP contribution in [0, 0.1) is 0 Å². The van der Waals surface area contributed by atoms with E-state index in [-0.39, 0.29) is 24.0 Å². The van der Waals surface area contributed by atoms with E-state index in [2.05, 4.69) is 15.8 Å². The molecule has 0 bridgehead atoms. The molecular formula is C22H21N3O3. The van der Waals surface area contributed by atoms with Crippen LogP contribution in [0.2, 0.25) is 0 Å². The molecule has 2 amide bonds. The SMILES string of the molecule is O=C(CCCNC(=O)c1ccco1)NN=C(c1ccccc1)c1ccccc1. The van der Waals surface area contributed by atoms with E-state index in [0.717, 1.165) is 11.1 Å². The molecule has 0 fully saturated rings. The summed E-state index contributed by atoms with van der Waals surface area (Å²) in [4.78, 5) is 23.9. The predicted octanol–water partition coefficient (Wildman–Crippen LogP) is 3.36. The zero-order valence-corrected chi connectivity index (χ0v) is 15.3. The number of nitrogens with zero attached hydrogens (tertiary/aromatic N) is 1. The van der Waals surface area contributed by atoms with Crippen LogP contribution in [0.1, 0.15) is 34.5 Å². The predicted molar refractivity (Wildman–Crippen MR) is 107 cm³/mol. The van der Waals surface area contributed by atoms with Crippen molar-refractivity contribution >= 4 is 17.5 Å². The molecule has 28 heavy (non-hydrogen) atoms. The van der Waals surface area contributed by atoms with Crippen molar-refractivity contribution in [2.24, 2.45) is 5.10 Å². The fourth-order valence-corrected chi connectivity index (χ4v) is 2.61. The molecule has 142 valence electrons. The van der Waals surface area contributed by atoms with Crippen LogP contribution in [-0.4, -0.2) is 24.1 Å². The Morgan fingerprint density at radius 3 is 2.07 bits per heavy atom. The third-order valence-corrected chi connectivity index (χ3v) is 4.00. The number of hydrazone groups is 1. The van der Waals surface area contributed by atoms with Crippen LogP contribution in [0.25, 0.3) is 0 Å². The number of benzene rings is 2. The number of nitrogens with one attached hydrogen (secondary N) is 2. The number of furan rings is 1. The van der Waals surface area contributed by atoms with Gasteiger partial charge in [0.05, 0.1) is 12.0 Å². The summed E-state index contributed by atoms with van der Waals surface area (Å²) in [6, 6.07) is 22.6. The first-order chi connectivity index (χ1) is 13.7. The van der Waals surface area contributed by atoms with E-state index in [1.54, 1.807) is 12.1 Å². The van der Waals surface area contributed by atoms with Gasteiger partial charge in [-0.15, -0.1) is 0 Å². The molecule has 1 aromatic heterocycles. The van der Waals surface area contributed by atoms with Crippen LogP contribution in [0.4, 0.5) is 0 Å². The van der Waals surface area contributed by atoms with E-state index < -0.39 is 0 Å². The molecule has 3 rings (SSSR count). The lowest BCUT2D eigenvalue weighted by molar-refractivity contribution is -0.121. The number of carbonyl (C=O) groups is 2.